The van der Waals surface area contributed by atoms with Crippen molar-refractivity contribution >= 4 is 22.5 Å². The molecule has 0 fully saturated rings. The third kappa shape index (κ3) is 2.83. The zero-order chi connectivity index (χ0) is 17.2. The van der Waals surface area contributed by atoms with Gasteiger partial charge in [-0.1, -0.05) is 30.3 Å². The Hall–Kier alpha value is -3.61. The lowest BCUT2D eigenvalue weighted by Crippen LogP contribution is -2.12. The second-order valence-corrected chi connectivity index (χ2v) is 5.54. The standard InChI is InChI=1S/C18H14N6O/c1-24-17(21-22-23-24)13-6-2-8-14(11-13)20-18(25)15-9-3-5-12-7-4-10-19-16(12)15/h2-11H,1H3,(H,20,25). The minimum absolute atomic E-state index is 0.211. The molecule has 0 aliphatic rings. The Morgan fingerprint density at radius 3 is 2.76 bits per heavy atom. The molecule has 4 rings (SSSR count). The summed E-state index contributed by atoms with van der Waals surface area (Å²) in [5.41, 5.74) is 2.69. The second-order valence-electron chi connectivity index (χ2n) is 5.54. The van der Waals surface area contributed by atoms with Gasteiger partial charge < -0.3 is 5.32 Å². The molecule has 0 aliphatic carbocycles. The number of fused-ring (bicyclic) bond motifs is 1. The van der Waals surface area contributed by atoms with Gasteiger partial charge in [-0.3, -0.25) is 9.78 Å². The number of para-hydroxylation sites is 1. The SMILES string of the molecule is Cn1nnnc1-c1cccc(NC(=O)c2cccc3cccnc23)c1. The molecule has 2 aromatic heterocycles. The van der Waals surface area contributed by atoms with E-state index in [0.717, 1.165) is 10.9 Å². The van der Waals surface area contributed by atoms with Gasteiger partial charge in [-0.2, -0.15) is 0 Å². The van der Waals surface area contributed by atoms with Crippen LogP contribution in [0.4, 0.5) is 5.69 Å². The lowest BCUT2D eigenvalue weighted by Gasteiger charge is -2.08. The van der Waals surface area contributed by atoms with Crippen molar-refractivity contribution < 1.29 is 4.79 Å². The van der Waals surface area contributed by atoms with Crippen LogP contribution in [-0.4, -0.2) is 31.1 Å². The van der Waals surface area contributed by atoms with Crippen molar-refractivity contribution in [2.45, 2.75) is 0 Å². The van der Waals surface area contributed by atoms with Gasteiger partial charge in [-0.25, -0.2) is 4.68 Å². The van der Waals surface area contributed by atoms with E-state index in [1.54, 1.807) is 24.0 Å². The van der Waals surface area contributed by atoms with Crippen LogP contribution in [0.2, 0.25) is 0 Å². The van der Waals surface area contributed by atoms with E-state index >= 15 is 0 Å². The summed E-state index contributed by atoms with van der Waals surface area (Å²) in [6.45, 7) is 0. The highest BCUT2D eigenvalue weighted by Gasteiger charge is 2.12. The molecule has 1 amide bonds. The van der Waals surface area contributed by atoms with E-state index in [-0.39, 0.29) is 5.91 Å². The van der Waals surface area contributed by atoms with Crippen LogP contribution in [0.3, 0.4) is 0 Å². The molecule has 7 nitrogen and oxygen atoms in total. The van der Waals surface area contributed by atoms with Crippen molar-refractivity contribution in [2.24, 2.45) is 7.05 Å². The van der Waals surface area contributed by atoms with Gasteiger partial charge in [0.1, 0.15) is 0 Å². The van der Waals surface area contributed by atoms with Crippen LogP contribution in [0.5, 0.6) is 0 Å². The molecule has 25 heavy (non-hydrogen) atoms. The number of carbonyl (C=O) groups excluding carboxylic acids is 1. The molecule has 2 heterocycles. The summed E-state index contributed by atoms with van der Waals surface area (Å²) >= 11 is 0. The first kappa shape index (κ1) is 14.9. The van der Waals surface area contributed by atoms with Crippen molar-refractivity contribution in [1.82, 2.24) is 25.2 Å². The summed E-state index contributed by atoms with van der Waals surface area (Å²) < 4.78 is 1.58. The van der Waals surface area contributed by atoms with Gasteiger partial charge >= 0.3 is 0 Å². The number of rotatable bonds is 3. The molecule has 122 valence electrons. The van der Waals surface area contributed by atoms with Crippen LogP contribution < -0.4 is 5.32 Å². The summed E-state index contributed by atoms with van der Waals surface area (Å²) in [5.74, 6) is 0.417. The van der Waals surface area contributed by atoms with Crippen LogP contribution in [0.1, 0.15) is 10.4 Å². The van der Waals surface area contributed by atoms with Crippen molar-refractivity contribution in [3.8, 4) is 11.4 Å². The molecule has 0 atom stereocenters. The van der Waals surface area contributed by atoms with Crippen molar-refractivity contribution in [2.75, 3.05) is 5.32 Å². The Labute approximate surface area is 143 Å². The average Bonchev–Trinajstić information content (AvgIpc) is 3.07. The molecule has 0 spiro atoms. The van der Waals surface area contributed by atoms with E-state index in [2.05, 4.69) is 25.8 Å². The molecule has 4 aromatic rings. The predicted octanol–water partition coefficient (Wildman–Crippen LogP) is 2.68. The molecule has 0 aliphatic heterocycles. The first-order valence-electron chi connectivity index (χ1n) is 7.70. The zero-order valence-electron chi connectivity index (χ0n) is 13.4. The number of aryl methyl sites for hydroxylation is 1. The topological polar surface area (TPSA) is 85.6 Å². The fraction of sp³-hybridized carbons (Fsp3) is 0.0556. The minimum atomic E-state index is -0.211. The summed E-state index contributed by atoms with van der Waals surface area (Å²) in [7, 11) is 1.77. The first-order chi connectivity index (χ1) is 12.2. The number of hydrogen-bond donors (Lipinski definition) is 1. The molecular weight excluding hydrogens is 316 g/mol. The van der Waals surface area contributed by atoms with Crippen LogP contribution >= 0.6 is 0 Å². The molecule has 2 aromatic carbocycles. The fourth-order valence-corrected chi connectivity index (χ4v) is 2.70. The lowest BCUT2D eigenvalue weighted by atomic mass is 10.1. The van der Waals surface area contributed by atoms with E-state index in [9.17, 15) is 4.79 Å². The lowest BCUT2D eigenvalue weighted by molar-refractivity contribution is 0.102. The molecule has 1 N–H and O–H groups in total. The number of pyridine rings is 1. The second kappa shape index (κ2) is 6.12. The third-order valence-corrected chi connectivity index (χ3v) is 3.88. The van der Waals surface area contributed by atoms with E-state index < -0.39 is 0 Å². The number of amides is 1. The molecule has 0 saturated heterocycles. The summed E-state index contributed by atoms with van der Waals surface area (Å²) in [6, 6.07) is 16.7. The van der Waals surface area contributed by atoms with Gasteiger partial charge in [-0.15, -0.1) is 5.10 Å². The Morgan fingerprint density at radius 1 is 1.08 bits per heavy atom. The van der Waals surface area contributed by atoms with Gasteiger partial charge in [0.2, 0.25) is 0 Å². The van der Waals surface area contributed by atoms with E-state index in [1.807, 2.05) is 48.5 Å². The van der Waals surface area contributed by atoms with Gasteiger partial charge in [-0.05, 0) is 34.7 Å². The highest BCUT2D eigenvalue weighted by Crippen LogP contribution is 2.21. The number of nitrogens with one attached hydrogen (secondary N) is 1. The molecule has 0 saturated carbocycles. The maximum absolute atomic E-state index is 12.7. The maximum atomic E-state index is 12.7. The Morgan fingerprint density at radius 2 is 1.92 bits per heavy atom. The van der Waals surface area contributed by atoms with Gasteiger partial charge in [0.25, 0.3) is 5.91 Å². The molecular formula is C18H14N6O. The summed E-state index contributed by atoms with van der Waals surface area (Å²) in [6.07, 6.45) is 1.68. The minimum Gasteiger partial charge on any atom is -0.322 e. The van der Waals surface area contributed by atoms with Crippen molar-refractivity contribution in [3.63, 3.8) is 0 Å². The van der Waals surface area contributed by atoms with Gasteiger partial charge in [0.15, 0.2) is 5.82 Å². The number of aromatic nitrogens is 5. The smallest absolute Gasteiger partial charge is 0.257 e. The highest BCUT2D eigenvalue weighted by molar-refractivity contribution is 6.11. The Bertz CT molecular complexity index is 1070. The number of benzene rings is 2. The Kier molecular flexibility index (Phi) is 3.66. The highest BCUT2D eigenvalue weighted by atomic mass is 16.1. The first-order valence-corrected chi connectivity index (χ1v) is 7.70. The van der Waals surface area contributed by atoms with E-state index in [4.69, 9.17) is 0 Å². The average molecular weight is 330 g/mol. The van der Waals surface area contributed by atoms with Gasteiger partial charge in [0.05, 0.1) is 11.1 Å². The largest absolute Gasteiger partial charge is 0.322 e. The zero-order valence-corrected chi connectivity index (χ0v) is 13.4. The van der Waals surface area contributed by atoms with Crippen molar-refractivity contribution in [1.29, 1.82) is 0 Å². The summed E-state index contributed by atoms with van der Waals surface area (Å²) in [5, 5.41) is 15.3. The number of anilines is 1. The fourth-order valence-electron chi connectivity index (χ4n) is 2.70. The quantitative estimate of drug-likeness (QED) is 0.624. The predicted molar refractivity (Wildman–Crippen MR) is 93.9 cm³/mol. The number of hydrogen-bond acceptors (Lipinski definition) is 5. The molecule has 0 bridgehead atoms. The van der Waals surface area contributed by atoms with Crippen molar-refractivity contribution in [3.05, 3.63) is 66.4 Å². The summed E-state index contributed by atoms with van der Waals surface area (Å²) in [4.78, 5) is 17.0. The molecule has 0 radical (unpaired) electrons. The monoisotopic (exact) mass is 330 g/mol. The maximum Gasteiger partial charge on any atom is 0.257 e. The third-order valence-electron chi connectivity index (χ3n) is 3.88. The van der Waals surface area contributed by atoms with E-state index in [0.29, 0.717) is 22.6 Å². The van der Waals surface area contributed by atoms with Crippen LogP contribution in [0.15, 0.2) is 60.8 Å². The molecule has 0 unspecified atom stereocenters. The normalized spacial score (nSPS) is 10.8. The number of tetrazole rings is 1. The van der Waals surface area contributed by atoms with Crippen LogP contribution in [0.25, 0.3) is 22.3 Å². The number of nitrogens with zero attached hydrogens (tertiary/aromatic N) is 5. The Balaban J connectivity index is 1.66. The number of carbonyl (C=O) groups is 1. The van der Waals surface area contributed by atoms with Crippen LogP contribution in [-0.2, 0) is 7.05 Å². The van der Waals surface area contributed by atoms with E-state index in [1.165, 1.54) is 0 Å². The van der Waals surface area contributed by atoms with Crippen LogP contribution in [0, 0.1) is 0 Å². The van der Waals surface area contributed by atoms with Gasteiger partial charge in [0, 0.05) is 29.9 Å². The molecule has 7 heteroatoms.